The molecule has 0 unspecified atom stereocenters. The van der Waals surface area contributed by atoms with E-state index in [2.05, 4.69) is 5.16 Å². The number of halogens is 1. The van der Waals surface area contributed by atoms with Crippen LogP contribution in [0.15, 0.2) is 32.9 Å². The zero-order valence-electron chi connectivity index (χ0n) is 14.1. The maximum absolute atomic E-state index is 12.5. The van der Waals surface area contributed by atoms with Gasteiger partial charge in [0.15, 0.2) is 4.77 Å². The standard InChI is InChI=1S/C15H15ClN4O5S/c1-8(17-24)7-25-12(21)9-4-5-10(16)11(6-9)20-13(22)18(2)15(26)19(3)14(20)23/h4-6,24H,7H2,1-3H3. The fourth-order valence-corrected chi connectivity index (χ4v) is 2.43. The minimum absolute atomic E-state index is 0.0184. The lowest BCUT2D eigenvalue weighted by molar-refractivity contribution is 0.0561. The summed E-state index contributed by atoms with van der Waals surface area (Å²) >= 11 is 11.1. The van der Waals surface area contributed by atoms with Crippen LogP contribution in [0.2, 0.25) is 5.02 Å². The lowest BCUT2D eigenvalue weighted by Crippen LogP contribution is -2.43. The van der Waals surface area contributed by atoms with Crippen LogP contribution in [0.5, 0.6) is 0 Å². The number of nitrogens with zero attached hydrogens (tertiary/aromatic N) is 4. The zero-order chi connectivity index (χ0) is 19.6. The topological polar surface area (TPSA) is 108 Å². The summed E-state index contributed by atoms with van der Waals surface area (Å²) in [5, 5.41) is 11.6. The Hall–Kier alpha value is -2.72. The highest BCUT2D eigenvalue weighted by molar-refractivity contribution is 7.71. The molecule has 0 fully saturated rings. The average Bonchev–Trinajstić information content (AvgIpc) is 2.64. The van der Waals surface area contributed by atoms with E-state index < -0.39 is 17.3 Å². The van der Waals surface area contributed by atoms with Gasteiger partial charge in [-0.25, -0.2) is 19.0 Å². The Balaban J connectivity index is 2.60. The Bertz CT molecular complexity index is 1040. The molecule has 0 aliphatic carbocycles. The maximum atomic E-state index is 12.5. The largest absolute Gasteiger partial charge is 0.456 e. The summed E-state index contributed by atoms with van der Waals surface area (Å²) in [5.74, 6) is -0.736. The van der Waals surface area contributed by atoms with Gasteiger partial charge in [-0.15, -0.1) is 0 Å². The highest BCUT2D eigenvalue weighted by atomic mass is 35.5. The molecule has 1 N–H and O–H groups in total. The summed E-state index contributed by atoms with van der Waals surface area (Å²) in [6.07, 6.45) is 0. The van der Waals surface area contributed by atoms with E-state index in [4.69, 9.17) is 33.8 Å². The minimum atomic E-state index is -0.736. The minimum Gasteiger partial charge on any atom is -0.456 e. The molecule has 11 heteroatoms. The number of rotatable bonds is 4. The third-order valence-corrected chi connectivity index (χ3v) is 4.40. The molecule has 1 aromatic carbocycles. The molecular weight excluding hydrogens is 384 g/mol. The number of carbonyl (C=O) groups is 1. The second kappa shape index (κ2) is 7.67. The van der Waals surface area contributed by atoms with Gasteiger partial charge in [0.25, 0.3) is 0 Å². The van der Waals surface area contributed by atoms with Gasteiger partial charge in [0.2, 0.25) is 0 Å². The van der Waals surface area contributed by atoms with Crippen molar-refractivity contribution in [1.29, 1.82) is 0 Å². The van der Waals surface area contributed by atoms with Gasteiger partial charge in [0.05, 0.1) is 22.0 Å². The van der Waals surface area contributed by atoms with Crippen molar-refractivity contribution >= 4 is 35.5 Å². The summed E-state index contributed by atoms with van der Waals surface area (Å²) in [6, 6.07) is 4.02. The Kier molecular flexibility index (Phi) is 5.78. The predicted molar refractivity (Wildman–Crippen MR) is 97.3 cm³/mol. The van der Waals surface area contributed by atoms with E-state index >= 15 is 0 Å². The number of hydrogen-bond donors (Lipinski definition) is 1. The SMILES string of the molecule is CC(COC(=O)c1ccc(Cl)c(-n2c(=O)n(C)c(=S)n(C)c2=O)c1)=NO. The van der Waals surface area contributed by atoms with Gasteiger partial charge in [0, 0.05) is 14.1 Å². The van der Waals surface area contributed by atoms with Gasteiger partial charge < -0.3 is 9.94 Å². The molecular formula is C15H15ClN4O5S. The first-order chi connectivity index (χ1) is 12.2. The molecule has 0 amide bonds. The van der Waals surface area contributed by atoms with E-state index in [1.807, 2.05) is 0 Å². The van der Waals surface area contributed by atoms with E-state index in [-0.39, 0.29) is 33.4 Å². The van der Waals surface area contributed by atoms with Crippen molar-refractivity contribution in [3.8, 4) is 5.69 Å². The van der Waals surface area contributed by atoms with Gasteiger partial charge >= 0.3 is 17.3 Å². The molecule has 26 heavy (non-hydrogen) atoms. The van der Waals surface area contributed by atoms with Gasteiger partial charge in [-0.3, -0.25) is 9.13 Å². The molecule has 0 spiro atoms. The van der Waals surface area contributed by atoms with Crippen LogP contribution in [0.1, 0.15) is 17.3 Å². The normalized spacial score (nSPS) is 11.5. The van der Waals surface area contributed by atoms with E-state index in [1.54, 1.807) is 0 Å². The first kappa shape index (κ1) is 19.6. The van der Waals surface area contributed by atoms with Crippen LogP contribution in [0.3, 0.4) is 0 Å². The Labute approximate surface area is 157 Å². The molecule has 1 aromatic heterocycles. The molecule has 138 valence electrons. The molecule has 1 heterocycles. The summed E-state index contributed by atoms with van der Waals surface area (Å²) in [5.41, 5.74) is -1.12. The molecule has 0 radical (unpaired) electrons. The van der Waals surface area contributed by atoms with Crippen LogP contribution in [0.4, 0.5) is 0 Å². The second-order valence-electron chi connectivity index (χ2n) is 5.38. The molecule has 0 aliphatic rings. The van der Waals surface area contributed by atoms with Crippen LogP contribution < -0.4 is 11.4 Å². The van der Waals surface area contributed by atoms with E-state index in [0.29, 0.717) is 0 Å². The van der Waals surface area contributed by atoms with Crippen molar-refractivity contribution in [3.05, 3.63) is 54.5 Å². The molecule has 0 aliphatic heterocycles. The number of carbonyl (C=O) groups excluding carboxylic acids is 1. The number of oxime groups is 1. The second-order valence-corrected chi connectivity index (χ2v) is 6.15. The fraction of sp³-hybridized carbons (Fsp3) is 0.267. The summed E-state index contributed by atoms with van der Waals surface area (Å²) < 4.78 is 8.05. The van der Waals surface area contributed by atoms with E-state index in [0.717, 1.165) is 13.7 Å². The van der Waals surface area contributed by atoms with Crippen molar-refractivity contribution in [2.24, 2.45) is 19.3 Å². The van der Waals surface area contributed by atoms with Gasteiger partial charge in [-0.1, -0.05) is 16.8 Å². The Morgan fingerprint density at radius 3 is 2.38 bits per heavy atom. The molecule has 0 atom stereocenters. The number of ether oxygens (including phenoxy) is 1. The van der Waals surface area contributed by atoms with Crippen molar-refractivity contribution in [2.75, 3.05) is 6.61 Å². The summed E-state index contributed by atoms with van der Waals surface area (Å²) in [4.78, 5) is 37.1. The monoisotopic (exact) mass is 398 g/mol. The highest BCUT2D eigenvalue weighted by Gasteiger charge is 2.17. The van der Waals surface area contributed by atoms with Gasteiger partial charge in [-0.05, 0) is 37.3 Å². The lowest BCUT2D eigenvalue weighted by Gasteiger charge is -2.12. The summed E-state index contributed by atoms with van der Waals surface area (Å²) in [6.45, 7) is 1.26. The van der Waals surface area contributed by atoms with Crippen LogP contribution in [-0.4, -0.2) is 37.2 Å². The maximum Gasteiger partial charge on any atom is 0.338 e. The van der Waals surface area contributed by atoms with E-state index in [9.17, 15) is 14.4 Å². The molecule has 0 saturated heterocycles. The van der Waals surface area contributed by atoms with Crippen molar-refractivity contribution in [3.63, 3.8) is 0 Å². The number of benzene rings is 1. The summed E-state index contributed by atoms with van der Waals surface area (Å²) in [7, 11) is 2.84. The highest BCUT2D eigenvalue weighted by Crippen LogP contribution is 2.20. The molecule has 0 bridgehead atoms. The lowest BCUT2D eigenvalue weighted by atomic mass is 10.2. The quantitative estimate of drug-likeness (QED) is 0.273. The third kappa shape index (κ3) is 3.60. The average molecular weight is 399 g/mol. The zero-order valence-corrected chi connectivity index (χ0v) is 15.7. The predicted octanol–water partition coefficient (Wildman–Crippen LogP) is 1.26. The molecule has 2 rings (SSSR count). The Morgan fingerprint density at radius 1 is 1.27 bits per heavy atom. The number of aromatic nitrogens is 3. The van der Waals surface area contributed by atoms with Crippen molar-refractivity contribution in [1.82, 2.24) is 13.7 Å². The first-order valence-corrected chi connectivity index (χ1v) is 8.01. The number of hydrogen-bond acceptors (Lipinski definition) is 7. The molecule has 2 aromatic rings. The van der Waals surface area contributed by atoms with Crippen LogP contribution in [0, 0.1) is 4.77 Å². The Morgan fingerprint density at radius 2 is 1.85 bits per heavy atom. The molecule has 9 nitrogen and oxygen atoms in total. The van der Waals surface area contributed by atoms with Gasteiger partial charge in [-0.2, -0.15) is 0 Å². The van der Waals surface area contributed by atoms with Crippen LogP contribution >= 0.6 is 23.8 Å². The fourth-order valence-electron chi connectivity index (χ4n) is 2.07. The van der Waals surface area contributed by atoms with E-state index in [1.165, 1.54) is 39.2 Å². The van der Waals surface area contributed by atoms with Crippen molar-refractivity contribution < 1.29 is 14.7 Å². The number of esters is 1. The van der Waals surface area contributed by atoms with Crippen LogP contribution in [0.25, 0.3) is 5.69 Å². The smallest absolute Gasteiger partial charge is 0.338 e. The van der Waals surface area contributed by atoms with Crippen molar-refractivity contribution in [2.45, 2.75) is 6.92 Å². The third-order valence-electron chi connectivity index (χ3n) is 3.54. The molecule has 0 saturated carbocycles. The van der Waals surface area contributed by atoms with Gasteiger partial charge in [0.1, 0.15) is 6.61 Å². The first-order valence-electron chi connectivity index (χ1n) is 7.22. The van der Waals surface area contributed by atoms with Crippen LogP contribution in [-0.2, 0) is 18.8 Å².